The molecule has 0 unspecified atom stereocenters. The van der Waals surface area contributed by atoms with Crippen LogP contribution < -0.4 is 20.9 Å². The molecule has 1 heterocycles. The Morgan fingerprint density at radius 1 is 1.15 bits per heavy atom. The third-order valence-electron chi connectivity index (χ3n) is 3.41. The fraction of sp³-hybridized carbons (Fsp3) is 0.211. The number of rotatable bonds is 6. The van der Waals surface area contributed by atoms with Gasteiger partial charge in [0, 0.05) is 6.08 Å². The Morgan fingerprint density at radius 3 is 2.52 bits per heavy atom. The van der Waals surface area contributed by atoms with Crippen molar-refractivity contribution in [3.63, 3.8) is 0 Å². The number of nitrogens with one attached hydrogen (secondary N) is 3. The number of aryl methyl sites for hydroxylation is 2. The topological polar surface area (TPSA) is 92.6 Å². The van der Waals surface area contributed by atoms with E-state index in [1.807, 2.05) is 19.1 Å². The second kappa shape index (κ2) is 10.1. The third kappa shape index (κ3) is 7.33. The van der Waals surface area contributed by atoms with Crippen LogP contribution in [0.5, 0.6) is 5.75 Å². The lowest BCUT2D eigenvalue weighted by atomic mass is 10.2. The number of thiocarbonyl (C=S) groups is 1. The lowest BCUT2D eigenvalue weighted by Gasteiger charge is -2.10. The van der Waals surface area contributed by atoms with Gasteiger partial charge in [0.1, 0.15) is 17.3 Å². The predicted molar refractivity (Wildman–Crippen MR) is 106 cm³/mol. The Bertz CT molecular complexity index is 828. The second-order valence-electron chi connectivity index (χ2n) is 5.56. The van der Waals surface area contributed by atoms with Gasteiger partial charge in [-0.3, -0.25) is 25.8 Å². The SMILES string of the molecule is CCc1ccc(OCC(=O)NNC(=S)NC(=O)/C=C/c2ccc(C)o2)cc1. The Balaban J connectivity index is 1.67. The maximum absolute atomic E-state index is 11.7. The van der Waals surface area contributed by atoms with E-state index in [2.05, 4.69) is 23.1 Å². The molecule has 1 aromatic heterocycles. The summed E-state index contributed by atoms with van der Waals surface area (Å²) in [5.74, 6) is 1.00. The van der Waals surface area contributed by atoms with Crippen LogP contribution >= 0.6 is 12.2 Å². The molecule has 0 saturated carbocycles. The van der Waals surface area contributed by atoms with Crippen molar-refractivity contribution in [3.8, 4) is 5.75 Å². The van der Waals surface area contributed by atoms with E-state index in [4.69, 9.17) is 21.4 Å². The quantitative estimate of drug-likeness (QED) is 0.400. The number of hydrogen-bond donors (Lipinski definition) is 3. The van der Waals surface area contributed by atoms with Gasteiger partial charge in [-0.05, 0) is 61.5 Å². The monoisotopic (exact) mass is 387 g/mol. The van der Waals surface area contributed by atoms with Crippen molar-refractivity contribution in [2.45, 2.75) is 20.3 Å². The van der Waals surface area contributed by atoms with Gasteiger partial charge in [-0.2, -0.15) is 0 Å². The van der Waals surface area contributed by atoms with Crippen LogP contribution in [0.4, 0.5) is 0 Å². The first-order chi connectivity index (χ1) is 13.0. The van der Waals surface area contributed by atoms with E-state index in [0.717, 1.165) is 12.2 Å². The Morgan fingerprint density at radius 2 is 1.89 bits per heavy atom. The molecule has 0 aliphatic carbocycles. The number of hydrazine groups is 1. The Kier molecular flexibility index (Phi) is 7.57. The minimum Gasteiger partial charge on any atom is -0.484 e. The van der Waals surface area contributed by atoms with E-state index >= 15 is 0 Å². The Hall–Kier alpha value is -3.13. The standard InChI is InChI=1S/C19H21N3O4S/c1-3-14-5-8-15(9-6-14)25-12-18(24)21-22-19(27)20-17(23)11-10-16-7-4-13(2)26-16/h4-11H,3,12H2,1-2H3,(H,21,24)(H2,20,22,23,27)/b11-10+. The van der Waals surface area contributed by atoms with Crippen LogP contribution in [0.25, 0.3) is 6.08 Å². The molecule has 0 spiro atoms. The summed E-state index contributed by atoms with van der Waals surface area (Å²) in [6.07, 6.45) is 3.72. The van der Waals surface area contributed by atoms with E-state index in [9.17, 15) is 9.59 Å². The van der Waals surface area contributed by atoms with Crippen LogP contribution in [-0.2, 0) is 16.0 Å². The van der Waals surface area contributed by atoms with Crippen LogP contribution in [0.3, 0.4) is 0 Å². The molecule has 2 amide bonds. The highest BCUT2D eigenvalue weighted by Crippen LogP contribution is 2.12. The molecular weight excluding hydrogens is 366 g/mol. The lowest BCUT2D eigenvalue weighted by Crippen LogP contribution is -2.49. The number of ether oxygens (including phenoxy) is 1. The minimum atomic E-state index is -0.455. The summed E-state index contributed by atoms with van der Waals surface area (Å²) in [5, 5.41) is 2.36. The summed E-state index contributed by atoms with van der Waals surface area (Å²) >= 11 is 4.93. The fourth-order valence-corrected chi connectivity index (χ4v) is 2.17. The van der Waals surface area contributed by atoms with Crippen LogP contribution in [0.15, 0.2) is 46.9 Å². The molecule has 0 atom stereocenters. The Labute approximate surface area is 162 Å². The molecule has 7 nitrogen and oxygen atoms in total. The molecule has 2 aromatic rings. The van der Waals surface area contributed by atoms with Crippen LogP contribution in [0, 0.1) is 6.92 Å². The lowest BCUT2D eigenvalue weighted by molar-refractivity contribution is -0.123. The molecule has 0 aliphatic rings. The summed E-state index contributed by atoms with van der Waals surface area (Å²) in [4.78, 5) is 23.5. The van der Waals surface area contributed by atoms with Gasteiger partial charge in [-0.1, -0.05) is 19.1 Å². The molecule has 8 heteroatoms. The summed E-state index contributed by atoms with van der Waals surface area (Å²) in [7, 11) is 0. The molecule has 2 rings (SSSR count). The average Bonchev–Trinajstić information content (AvgIpc) is 3.08. The maximum Gasteiger partial charge on any atom is 0.276 e. The van der Waals surface area contributed by atoms with E-state index in [0.29, 0.717) is 11.5 Å². The third-order valence-corrected chi connectivity index (χ3v) is 3.62. The van der Waals surface area contributed by atoms with Gasteiger partial charge in [-0.25, -0.2) is 0 Å². The molecule has 3 N–H and O–H groups in total. The fourth-order valence-electron chi connectivity index (χ4n) is 2.02. The number of hydrogen-bond acceptors (Lipinski definition) is 5. The molecule has 0 fully saturated rings. The molecule has 1 aromatic carbocycles. The maximum atomic E-state index is 11.7. The van der Waals surface area contributed by atoms with Gasteiger partial charge < -0.3 is 9.15 Å². The molecule has 0 radical (unpaired) electrons. The van der Waals surface area contributed by atoms with Crippen molar-refractivity contribution in [3.05, 3.63) is 59.6 Å². The zero-order valence-electron chi connectivity index (χ0n) is 15.1. The molecule has 0 saturated heterocycles. The number of benzene rings is 1. The summed E-state index contributed by atoms with van der Waals surface area (Å²) in [5.41, 5.74) is 5.96. The zero-order valence-corrected chi connectivity index (χ0v) is 15.9. The first-order valence-electron chi connectivity index (χ1n) is 8.32. The van der Waals surface area contributed by atoms with Crippen molar-refractivity contribution in [2.24, 2.45) is 0 Å². The predicted octanol–water partition coefficient (Wildman–Crippen LogP) is 2.26. The van der Waals surface area contributed by atoms with E-state index in [1.165, 1.54) is 17.7 Å². The highest BCUT2D eigenvalue weighted by Gasteiger charge is 2.05. The van der Waals surface area contributed by atoms with Crippen LogP contribution in [0.2, 0.25) is 0 Å². The van der Waals surface area contributed by atoms with Crippen molar-refractivity contribution in [2.75, 3.05) is 6.61 Å². The molecule has 0 aliphatic heterocycles. The molecule has 0 bridgehead atoms. The van der Waals surface area contributed by atoms with E-state index in [1.54, 1.807) is 24.3 Å². The average molecular weight is 387 g/mol. The van der Waals surface area contributed by atoms with Gasteiger partial charge in [0.05, 0.1) is 0 Å². The van der Waals surface area contributed by atoms with Crippen LogP contribution in [0.1, 0.15) is 24.0 Å². The summed E-state index contributed by atoms with van der Waals surface area (Å²) in [6, 6.07) is 11.0. The second-order valence-corrected chi connectivity index (χ2v) is 5.97. The highest BCUT2D eigenvalue weighted by atomic mass is 32.1. The van der Waals surface area contributed by atoms with Gasteiger partial charge >= 0.3 is 0 Å². The highest BCUT2D eigenvalue weighted by molar-refractivity contribution is 7.80. The van der Waals surface area contributed by atoms with Gasteiger partial charge in [0.15, 0.2) is 11.7 Å². The summed E-state index contributed by atoms with van der Waals surface area (Å²) in [6.45, 7) is 3.68. The van der Waals surface area contributed by atoms with Crippen molar-refractivity contribution < 1.29 is 18.7 Å². The number of carbonyl (C=O) groups excluding carboxylic acids is 2. The van der Waals surface area contributed by atoms with E-state index in [-0.39, 0.29) is 11.7 Å². The largest absolute Gasteiger partial charge is 0.484 e. The zero-order chi connectivity index (χ0) is 19.6. The van der Waals surface area contributed by atoms with Gasteiger partial charge in [-0.15, -0.1) is 0 Å². The van der Waals surface area contributed by atoms with Crippen molar-refractivity contribution >= 4 is 35.2 Å². The minimum absolute atomic E-state index is 0.0408. The number of amides is 2. The normalized spacial score (nSPS) is 10.4. The molecule has 27 heavy (non-hydrogen) atoms. The van der Waals surface area contributed by atoms with Crippen molar-refractivity contribution in [1.82, 2.24) is 16.2 Å². The van der Waals surface area contributed by atoms with Crippen LogP contribution in [-0.4, -0.2) is 23.5 Å². The van der Waals surface area contributed by atoms with Gasteiger partial charge in [0.25, 0.3) is 5.91 Å². The van der Waals surface area contributed by atoms with Gasteiger partial charge in [0.2, 0.25) is 5.91 Å². The first kappa shape index (κ1) is 20.2. The van der Waals surface area contributed by atoms with E-state index < -0.39 is 11.8 Å². The number of carbonyl (C=O) groups is 2. The summed E-state index contributed by atoms with van der Waals surface area (Å²) < 4.78 is 10.7. The molecular formula is C19H21N3O4S. The first-order valence-corrected chi connectivity index (χ1v) is 8.73. The smallest absolute Gasteiger partial charge is 0.276 e. The molecule has 142 valence electrons. The number of furan rings is 1. The van der Waals surface area contributed by atoms with Crippen molar-refractivity contribution in [1.29, 1.82) is 0 Å².